The molecular formula is C25H24ClF4N5O5. The van der Waals surface area contributed by atoms with Crippen LogP contribution in [0.5, 0.6) is 5.75 Å². The van der Waals surface area contributed by atoms with Gasteiger partial charge in [-0.1, -0.05) is 18.5 Å². The summed E-state index contributed by atoms with van der Waals surface area (Å²) in [6.45, 7) is 6.03. The number of carbonyl (C=O) groups is 3. The number of rotatable bonds is 6. The van der Waals surface area contributed by atoms with E-state index in [1.807, 2.05) is 0 Å². The van der Waals surface area contributed by atoms with Gasteiger partial charge in [0.25, 0.3) is 5.91 Å². The number of nitrogen functional groups attached to an aromatic ring is 1. The monoisotopic (exact) mass is 585 g/mol. The molecule has 3 aromatic rings. The van der Waals surface area contributed by atoms with Crippen molar-refractivity contribution in [2.24, 2.45) is 5.92 Å². The number of esters is 2. The molecule has 0 saturated carbocycles. The summed E-state index contributed by atoms with van der Waals surface area (Å²) in [6.07, 6.45) is -2.72. The van der Waals surface area contributed by atoms with Crippen LogP contribution in [0.4, 0.5) is 23.4 Å². The summed E-state index contributed by atoms with van der Waals surface area (Å²) >= 11 is 6.22. The number of aromatic nitrogens is 3. The summed E-state index contributed by atoms with van der Waals surface area (Å²) in [5.74, 6) is -7.27. The quantitative estimate of drug-likeness (QED) is 0.261. The van der Waals surface area contributed by atoms with Crippen molar-refractivity contribution in [3.8, 4) is 5.75 Å². The molecule has 1 aliphatic heterocycles. The maximum Gasteiger partial charge on any atom is 0.491 e. The molecule has 0 spiro atoms. The highest BCUT2D eigenvalue weighted by Crippen LogP contribution is 2.41. The Morgan fingerprint density at radius 3 is 2.45 bits per heavy atom. The number of carbonyl (C=O) groups excluding carboxylic acids is 3. The summed E-state index contributed by atoms with van der Waals surface area (Å²) in [5, 5.41) is -0.382. The fourth-order valence-corrected chi connectivity index (χ4v) is 4.61. The van der Waals surface area contributed by atoms with Crippen LogP contribution in [0.1, 0.15) is 54.1 Å². The van der Waals surface area contributed by atoms with Crippen molar-refractivity contribution in [3.05, 3.63) is 51.9 Å². The lowest BCUT2D eigenvalue weighted by molar-refractivity contribution is -0.204. The van der Waals surface area contributed by atoms with Crippen LogP contribution in [0.3, 0.4) is 0 Å². The Hall–Kier alpha value is -3.94. The molecule has 1 atom stereocenters. The standard InChI is InChI=1S/C25H24ClF4N5O5/c1-10(2)39-19-14(11(3)21-33-12(4)18-20(31)32-5-6-35(18)21)7-15(26)17(27)16(19)22(36)34-8-13(9-34)23(37)40-24(38)25(28,29)30/h5-7,10-11,13H,8-9H2,1-4H3,(H2,31,32). The van der Waals surface area contributed by atoms with Gasteiger partial charge in [0.2, 0.25) is 0 Å². The topological polar surface area (TPSA) is 129 Å². The van der Waals surface area contributed by atoms with Gasteiger partial charge in [-0.15, -0.1) is 0 Å². The molecule has 0 bridgehead atoms. The van der Waals surface area contributed by atoms with Gasteiger partial charge in [-0.05, 0) is 26.8 Å². The van der Waals surface area contributed by atoms with Crippen molar-refractivity contribution >= 4 is 40.8 Å². The Morgan fingerprint density at radius 1 is 1.20 bits per heavy atom. The first kappa shape index (κ1) is 29.1. The zero-order valence-electron chi connectivity index (χ0n) is 21.7. The fraction of sp³-hybridized carbons (Fsp3) is 0.400. The number of nitrogens with zero attached hydrogens (tertiary/aromatic N) is 4. The predicted octanol–water partition coefficient (Wildman–Crippen LogP) is 4.06. The third-order valence-electron chi connectivity index (χ3n) is 6.33. The Morgan fingerprint density at radius 2 is 1.85 bits per heavy atom. The van der Waals surface area contributed by atoms with Crippen LogP contribution in [-0.4, -0.2) is 62.5 Å². The van der Waals surface area contributed by atoms with Gasteiger partial charge in [0.05, 0.1) is 22.7 Å². The van der Waals surface area contributed by atoms with E-state index in [1.54, 1.807) is 38.3 Å². The van der Waals surface area contributed by atoms with Crippen molar-refractivity contribution in [3.63, 3.8) is 0 Å². The molecule has 1 aromatic carbocycles. The number of hydrogen-bond donors (Lipinski definition) is 1. The van der Waals surface area contributed by atoms with E-state index in [0.717, 1.165) is 4.90 Å². The minimum atomic E-state index is -5.35. The lowest BCUT2D eigenvalue weighted by atomic mass is 9.93. The van der Waals surface area contributed by atoms with Gasteiger partial charge >= 0.3 is 18.1 Å². The van der Waals surface area contributed by atoms with E-state index in [-0.39, 0.29) is 16.6 Å². The average molecular weight is 586 g/mol. The zero-order chi connectivity index (χ0) is 29.7. The molecule has 40 heavy (non-hydrogen) atoms. The second-order valence-corrected chi connectivity index (χ2v) is 9.96. The molecule has 1 amide bonds. The number of aryl methyl sites for hydroxylation is 1. The molecule has 15 heteroatoms. The van der Waals surface area contributed by atoms with Crippen LogP contribution < -0.4 is 10.5 Å². The SMILES string of the molecule is Cc1nc(C(C)c2cc(Cl)c(F)c(C(=O)N3CC(C(=O)OC(=O)C(F)(F)F)C3)c2OC(C)C)n2ccnc(N)c12. The van der Waals surface area contributed by atoms with Crippen LogP contribution in [0.25, 0.3) is 5.52 Å². The number of likely N-dealkylation sites (tertiary alicyclic amines) is 1. The summed E-state index contributed by atoms with van der Waals surface area (Å²) in [4.78, 5) is 46.0. The molecule has 1 fully saturated rings. The summed E-state index contributed by atoms with van der Waals surface area (Å²) in [7, 11) is 0. The maximum absolute atomic E-state index is 15.4. The molecule has 0 aliphatic carbocycles. The highest BCUT2D eigenvalue weighted by atomic mass is 35.5. The number of hydrogen-bond acceptors (Lipinski definition) is 8. The van der Waals surface area contributed by atoms with E-state index >= 15 is 4.39 Å². The van der Waals surface area contributed by atoms with E-state index in [1.165, 1.54) is 12.3 Å². The number of fused-ring (bicyclic) bond motifs is 1. The highest BCUT2D eigenvalue weighted by Gasteiger charge is 2.46. The first-order valence-electron chi connectivity index (χ1n) is 12.0. The van der Waals surface area contributed by atoms with E-state index in [2.05, 4.69) is 14.7 Å². The van der Waals surface area contributed by atoms with Crippen LogP contribution in [0.2, 0.25) is 5.02 Å². The van der Waals surface area contributed by atoms with Gasteiger partial charge in [-0.3, -0.25) is 14.0 Å². The first-order chi connectivity index (χ1) is 18.6. The number of nitrogens with two attached hydrogens (primary N) is 1. The predicted molar refractivity (Wildman–Crippen MR) is 133 cm³/mol. The minimum absolute atomic E-state index is 0.107. The summed E-state index contributed by atoms with van der Waals surface area (Å²) in [5.41, 5.74) is 7.00. The number of anilines is 1. The summed E-state index contributed by atoms with van der Waals surface area (Å²) < 4.78 is 64.1. The number of ether oxygens (including phenoxy) is 2. The van der Waals surface area contributed by atoms with Crippen LogP contribution in [0, 0.1) is 18.7 Å². The Kier molecular flexibility index (Phi) is 7.67. The van der Waals surface area contributed by atoms with Crippen molar-refractivity contribution in [2.75, 3.05) is 18.8 Å². The lowest BCUT2D eigenvalue weighted by Gasteiger charge is -2.38. The first-order valence-corrected chi connectivity index (χ1v) is 12.4. The molecule has 3 heterocycles. The molecular weight excluding hydrogens is 562 g/mol. The van der Waals surface area contributed by atoms with Crippen LogP contribution in [0.15, 0.2) is 18.5 Å². The number of amides is 1. The van der Waals surface area contributed by atoms with Crippen molar-refractivity contribution in [1.82, 2.24) is 19.3 Å². The smallest absolute Gasteiger partial charge is 0.490 e. The second kappa shape index (κ2) is 10.6. The Bertz CT molecular complexity index is 1520. The van der Waals surface area contributed by atoms with Gasteiger partial charge in [-0.2, -0.15) is 13.2 Å². The fourth-order valence-electron chi connectivity index (χ4n) is 4.40. The van der Waals surface area contributed by atoms with E-state index in [4.69, 9.17) is 22.1 Å². The zero-order valence-corrected chi connectivity index (χ0v) is 22.4. The maximum atomic E-state index is 15.4. The largest absolute Gasteiger partial charge is 0.491 e. The Balaban J connectivity index is 1.70. The van der Waals surface area contributed by atoms with Crippen molar-refractivity contribution in [1.29, 1.82) is 0 Å². The molecule has 1 saturated heterocycles. The second-order valence-electron chi connectivity index (χ2n) is 9.55. The van der Waals surface area contributed by atoms with Gasteiger partial charge in [-0.25, -0.2) is 19.2 Å². The lowest BCUT2D eigenvalue weighted by Crippen LogP contribution is -2.54. The number of imidazole rings is 1. The molecule has 2 aromatic heterocycles. The summed E-state index contributed by atoms with van der Waals surface area (Å²) in [6, 6.07) is 1.33. The average Bonchev–Trinajstić information content (AvgIpc) is 3.16. The van der Waals surface area contributed by atoms with Crippen LogP contribution >= 0.6 is 11.6 Å². The normalized spacial score (nSPS) is 14.8. The van der Waals surface area contributed by atoms with E-state index in [9.17, 15) is 27.6 Å². The third-order valence-corrected chi connectivity index (χ3v) is 6.61. The van der Waals surface area contributed by atoms with Gasteiger partial charge < -0.3 is 20.1 Å². The van der Waals surface area contributed by atoms with Gasteiger partial charge in [0.1, 0.15) is 28.5 Å². The molecule has 1 aliphatic rings. The van der Waals surface area contributed by atoms with E-state index < -0.39 is 66.4 Å². The number of halogens is 5. The number of benzene rings is 1. The van der Waals surface area contributed by atoms with Gasteiger partial charge in [0.15, 0.2) is 5.82 Å². The Labute approximate surface area is 230 Å². The molecule has 214 valence electrons. The molecule has 4 rings (SSSR count). The van der Waals surface area contributed by atoms with Crippen LogP contribution in [-0.2, 0) is 14.3 Å². The third kappa shape index (κ3) is 5.27. The molecule has 0 radical (unpaired) electrons. The number of alkyl halides is 3. The highest BCUT2D eigenvalue weighted by molar-refractivity contribution is 6.31. The van der Waals surface area contributed by atoms with Gasteiger partial charge in [0, 0.05) is 37.0 Å². The van der Waals surface area contributed by atoms with Crippen molar-refractivity contribution < 1.29 is 41.4 Å². The molecule has 10 nitrogen and oxygen atoms in total. The molecule has 1 unspecified atom stereocenters. The van der Waals surface area contributed by atoms with Crippen molar-refractivity contribution in [2.45, 2.75) is 45.9 Å². The van der Waals surface area contributed by atoms with E-state index in [0.29, 0.717) is 22.6 Å². The minimum Gasteiger partial charge on any atom is -0.490 e. The molecule has 2 N–H and O–H groups in total.